The number of ether oxygens (including phenoxy) is 1. The monoisotopic (exact) mass is 491 g/mol. The fourth-order valence-corrected chi connectivity index (χ4v) is 4.91. The summed E-state index contributed by atoms with van der Waals surface area (Å²) in [5.74, 6) is 1.01. The minimum Gasteiger partial charge on any atom is -0.388 e. The molecule has 4 heterocycles. The van der Waals surface area contributed by atoms with Crippen molar-refractivity contribution in [1.82, 2.24) is 19.5 Å². The molecule has 2 bridgehead atoms. The minimum atomic E-state index is -0.855. The molecular formula is C25H29N7O4. The zero-order valence-electron chi connectivity index (χ0n) is 20.6. The van der Waals surface area contributed by atoms with E-state index in [1.54, 1.807) is 54.5 Å². The van der Waals surface area contributed by atoms with Crippen molar-refractivity contribution >= 4 is 23.5 Å². The lowest BCUT2D eigenvalue weighted by atomic mass is 9.96. The van der Waals surface area contributed by atoms with Gasteiger partial charge in [0.05, 0.1) is 6.54 Å². The van der Waals surface area contributed by atoms with Crippen LogP contribution in [0.3, 0.4) is 0 Å². The molecule has 11 heteroatoms. The number of hydrogen-bond acceptors (Lipinski definition) is 9. The van der Waals surface area contributed by atoms with Crippen molar-refractivity contribution in [3.05, 3.63) is 70.4 Å². The zero-order valence-corrected chi connectivity index (χ0v) is 20.6. The number of carbonyl (C=O) groups excluding carboxylic acids is 1. The van der Waals surface area contributed by atoms with Gasteiger partial charge < -0.3 is 25.0 Å². The largest absolute Gasteiger partial charge is 0.388 e. The average Bonchev–Trinajstić information content (AvgIpc) is 3.33. The zero-order chi connectivity index (χ0) is 25.6. The van der Waals surface area contributed by atoms with Crippen LogP contribution in [0.4, 0.5) is 17.6 Å². The Hall–Kier alpha value is -3.83. The number of nitrogens with zero attached hydrogens (tertiary/aromatic N) is 6. The Balaban J connectivity index is 1.48. The molecular weight excluding hydrogens is 462 g/mol. The first-order valence-electron chi connectivity index (χ1n) is 11.8. The van der Waals surface area contributed by atoms with Gasteiger partial charge in [-0.25, -0.2) is 9.78 Å². The molecule has 1 amide bonds. The van der Waals surface area contributed by atoms with E-state index in [1.165, 1.54) is 4.57 Å². The van der Waals surface area contributed by atoms with E-state index in [9.17, 15) is 14.7 Å². The molecule has 5 rings (SSSR count). The number of morpholine rings is 1. The van der Waals surface area contributed by atoms with Crippen molar-refractivity contribution < 1.29 is 14.6 Å². The molecule has 0 spiro atoms. The molecule has 36 heavy (non-hydrogen) atoms. The van der Waals surface area contributed by atoms with Gasteiger partial charge in [0.15, 0.2) is 6.23 Å². The van der Waals surface area contributed by atoms with Crippen molar-refractivity contribution in [1.29, 1.82) is 0 Å². The maximum atomic E-state index is 13.1. The molecule has 0 saturated carbocycles. The minimum absolute atomic E-state index is 0.183. The summed E-state index contributed by atoms with van der Waals surface area (Å²) in [6.07, 6.45) is 2.21. The van der Waals surface area contributed by atoms with Crippen molar-refractivity contribution in [3.63, 3.8) is 0 Å². The predicted molar refractivity (Wildman–Crippen MR) is 134 cm³/mol. The molecule has 0 unspecified atom stereocenters. The second-order valence-corrected chi connectivity index (χ2v) is 9.38. The van der Waals surface area contributed by atoms with E-state index in [0.717, 1.165) is 0 Å². The number of aliphatic hydroxyl groups is 1. The molecule has 0 radical (unpaired) electrons. The van der Waals surface area contributed by atoms with Crippen LogP contribution in [-0.2, 0) is 4.74 Å². The molecule has 2 aliphatic rings. The Morgan fingerprint density at radius 3 is 2.67 bits per heavy atom. The third-order valence-electron chi connectivity index (χ3n) is 6.91. The maximum absolute atomic E-state index is 13.1. The fraction of sp³-hybridized carbons (Fsp3) is 0.400. The Morgan fingerprint density at radius 1 is 1.25 bits per heavy atom. The highest BCUT2D eigenvalue weighted by molar-refractivity contribution is 6.04. The molecule has 188 valence electrons. The molecule has 2 aliphatic heterocycles. The number of benzene rings is 1. The van der Waals surface area contributed by atoms with E-state index in [1.807, 2.05) is 32.0 Å². The first-order valence-corrected chi connectivity index (χ1v) is 11.8. The maximum Gasteiger partial charge on any atom is 0.351 e. The Bertz CT molecular complexity index is 1350. The normalized spacial score (nSPS) is 24.7. The second-order valence-electron chi connectivity index (χ2n) is 9.38. The van der Waals surface area contributed by atoms with Crippen molar-refractivity contribution in [2.24, 2.45) is 0 Å². The first-order chi connectivity index (χ1) is 17.2. The van der Waals surface area contributed by atoms with Crippen LogP contribution in [0.1, 0.15) is 35.5 Å². The van der Waals surface area contributed by atoms with Gasteiger partial charge in [0.25, 0.3) is 5.91 Å². The molecule has 2 fully saturated rings. The summed E-state index contributed by atoms with van der Waals surface area (Å²) in [4.78, 5) is 42.6. The standard InChI is InChI=1S/C25H29N7O4/c1-5-25-14-32(17-11-12-26-23(27-17)30(3)4)18(19(25)33)22(36-25)31-13-15(2)20(29-24(31)35)28-21(34)16-9-7-6-8-10-16/h6-13,18-19,22,33H,5,14H2,1-4H3,(H,28,29,34,35)/t18-,19+,22-,25+/m1/s1. The van der Waals surface area contributed by atoms with Gasteiger partial charge in [0.1, 0.15) is 29.4 Å². The van der Waals surface area contributed by atoms with Gasteiger partial charge >= 0.3 is 5.69 Å². The van der Waals surface area contributed by atoms with Gasteiger partial charge in [-0.1, -0.05) is 25.1 Å². The van der Waals surface area contributed by atoms with Gasteiger partial charge in [-0.2, -0.15) is 9.97 Å². The molecule has 11 nitrogen and oxygen atoms in total. The quantitative estimate of drug-likeness (QED) is 0.529. The third-order valence-corrected chi connectivity index (χ3v) is 6.91. The van der Waals surface area contributed by atoms with E-state index in [2.05, 4.69) is 20.3 Å². The molecule has 3 aromatic rings. The van der Waals surface area contributed by atoms with E-state index in [0.29, 0.717) is 35.9 Å². The van der Waals surface area contributed by atoms with Crippen molar-refractivity contribution in [2.75, 3.05) is 35.8 Å². The van der Waals surface area contributed by atoms with Gasteiger partial charge in [0, 0.05) is 37.6 Å². The number of aliphatic hydroxyl groups excluding tert-OH is 1. The van der Waals surface area contributed by atoms with Gasteiger partial charge in [-0.15, -0.1) is 0 Å². The number of aromatic nitrogens is 4. The Kier molecular flexibility index (Phi) is 5.97. The number of rotatable bonds is 6. The van der Waals surface area contributed by atoms with Crippen molar-refractivity contribution in [2.45, 2.75) is 44.2 Å². The third kappa shape index (κ3) is 3.90. The molecule has 2 aromatic heterocycles. The SMILES string of the molecule is CC[C@@]12CN(c3ccnc(N(C)C)n3)[C@@H]([C@H](n3cc(C)c(NC(=O)c4ccccc4)nc3=O)O1)[C@@H]2O. The number of amides is 1. The smallest absolute Gasteiger partial charge is 0.351 e. The van der Waals surface area contributed by atoms with Crippen LogP contribution in [0, 0.1) is 6.92 Å². The number of anilines is 3. The number of hydrogen-bond donors (Lipinski definition) is 2. The second kappa shape index (κ2) is 8.99. The van der Waals surface area contributed by atoms with Gasteiger partial charge in [-0.3, -0.25) is 9.36 Å². The van der Waals surface area contributed by atoms with Crippen LogP contribution in [0.2, 0.25) is 0 Å². The number of carbonyl (C=O) groups is 1. The number of aryl methyl sites for hydroxylation is 1. The lowest BCUT2D eigenvalue weighted by Crippen LogP contribution is -2.48. The average molecular weight is 492 g/mol. The highest BCUT2D eigenvalue weighted by Gasteiger charge is 2.63. The summed E-state index contributed by atoms with van der Waals surface area (Å²) in [5, 5.41) is 14.0. The summed E-state index contributed by atoms with van der Waals surface area (Å²) in [6.45, 7) is 4.14. The Labute approximate surface area is 208 Å². The fourth-order valence-electron chi connectivity index (χ4n) is 4.91. The van der Waals surface area contributed by atoms with Crippen LogP contribution < -0.4 is 20.8 Å². The lowest BCUT2D eigenvalue weighted by Gasteiger charge is -2.38. The van der Waals surface area contributed by atoms with E-state index >= 15 is 0 Å². The number of fused-ring (bicyclic) bond motifs is 2. The molecule has 2 saturated heterocycles. The molecule has 2 N–H and O–H groups in total. The predicted octanol–water partition coefficient (Wildman–Crippen LogP) is 1.59. The Morgan fingerprint density at radius 2 is 2.00 bits per heavy atom. The van der Waals surface area contributed by atoms with Crippen molar-refractivity contribution in [3.8, 4) is 0 Å². The number of nitrogens with one attached hydrogen (secondary N) is 1. The van der Waals surface area contributed by atoms with E-state index in [4.69, 9.17) is 4.74 Å². The van der Waals surface area contributed by atoms with E-state index < -0.39 is 29.7 Å². The summed E-state index contributed by atoms with van der Waals surface area (Å²) in [5.41, 5.74) is -0.387. The van der Waals surface area contributed by atoms with Crippen LogP contribution in [0.15, 0.2) is 53.6 Å². The van der Waals surface area contributed by atoms with Gasteiger partial charge in [-0.05, 0) is 31.5 Å². The highest BCUT2D eigenvalue weighted by Crippen LogP contribution is 2.49. The summed E-state index contributed by atoms with van der Waals surface area (Å²) in [6, 6.07) is 9.95. The summed E-state index contributed by atoms with van der Waals surface area (Å²) < 4.78 is 7.73. The van der Waals surface area contributed by atoms with E-state index in [-0.39, 0.29) is 11.7 Å². The molecule has 1 aromatic carbocycles. The van der Waals surface area contributed by atoms with Crippen LogP contribution >= 0.6 is 0 Å². The molecule has 4 atom stereocenters. The van der Waals surface area contributed by atoms with Crippen LogP contribution in [-0.4, -0.2) is 68.9 Å². The summed E-state index contributed by atoms with van der Waals surface area (Å²) >= 11 is 0. The molecule has 0 aliphatic carbocycles. The lowest BCUT2D eigenvalue weighted by molar-refractivity contribution is -0.106. The summed E-state index contributed by atoms with van der Waals surface area (Å²) in [7, 11) is 3.71. The highest BCUT2D eigenvalue weighted by atomic mass is 16.6. The first kappa shape index (κ1) is 23.9. The van der Waals surface area contributed by atoms with Gasteiger partial charge in [0.2, 0.25) is 5.95 Å². The topological polar surface area (TPSA) is 126 Å². The van der Waals surface area contributed by atoms with Crippen LogP contribution in [0.5, 0.6) is 0 Å². The van der Waals surface area contributed by atoms with Crippen LogP contribution in [0.25, 0.3) is 0 Å².